The summed E-state index contributed by atoms with van der Waals surface area (Å²) in [7, 11) is 0. The van der Waals surface area contributed by atoms with Crippen LogP contribution in [0.1, 0.15) is 33.7 Å². The summed E-state index contributed by atoms with van der Waals surface area (Å²) < 4.78 is 0. The van der Waals surface area contributed by atoms with Gasteiger partial charge >= 0.3 is 26.2 Å². The number of hydrogen-bond donors (Lipinski definition) is 0. The molecule has 0 N–H and O–H groups in total. The molecule has 6 rings (SSSR count). The Labute approximate surface area is 210 Å². The molecule has 0 atom stereocenters. The Hall–Kier alpha value is -2.89. The van der Waals surface area contributed by atoms with Crippen LogP contribution in [0.2, 0.25) is 0 Å². The molecular formula is C31H24Zr. The largest absolute Gasteiger partial charge is 2.00 e. The molecule has 0 aliphatic heterocycles. The normalized spacial score (nSPS) is 12.9. The fourth-order valence-electron chi connectivity index (χ4n) is 4.20. The van der Waals surface area contributed by atoms with Gasteiger partial charge in [0.1, 0.15) is 0 Å². The molecule has 2 aliphatic carbocycles. The van der Waals surface area contributed by atoms with Crippen LogP contribution in [-0.4, -0.2) is 0 Å². The predicted molar refractivity (Wildman–Crippen MR) is 130 cm³/mol. The first-order chi connectivity index (χ1) is 15.4. The van der Waals surface area contributed by atoms with E-state index in [-0.39, 0.29) is 26.2 Å². The molecule has 0 amide bonds. The second-order valence-corrected chi connectivity index (χ2v) is 7.90. The van der Waals surface area contributed by atoms with Crippen molar-refractivity contribution in [1.29, 1.82) is 0 Å². The van der Waals surface area contributed by atoms with E-state index in [0.29, 0.717) is 5.92 Å². The minimum atomic E-state index is 0. The fraction of sp³-hybridized carbons (Fsp3) is 0.0645. The molecule has 1 heteroatoms. The molecular weight excluding hydrogens is 464 g/mol. The molecule has 0 unspecified atom stereocenters. The molecule has 0 heterocycles. The number of hydrogen-bond acceptors (Lipinski definition) is 0. The number of rotatable bonds is 3. The van der Waals surface area contributed by atoms with Crippen molar-refractivity contribution in [3.8, 4) is 11.1 Å². The van der Waals surface area contributed by atoms with E-state index in [2.05, 4.69) is 122 Å². The SMILES string of the molecule is [Zr+2].[c-]1c(C2C=CC=C2)ccc2c1Cc1ccccc1-2.c1ccc([CH-]c2ccccc2)cc1. The summed E-state index contributed by atoms with van der Waals surface area (Å²) in [6, 6.07) is 37.4. The van der Waals surface area contributed by atoms with Gasteiger partial charge < -0.3 is 0 Å². The summed E-state index contributed by atoms with van der Waals surface area (Å²) in [5.74, 6) is 0.416. The number of allylic oxidation sites excluding steroid dienone is 4. The van der Waals surface area contributed by atoms with Crippen molar-refractivity contribution < 1.29 is 26.2 Å². The molecule has 0 nitrogen and oxygen atoms in total. The van der Waals surface area contributed by atoms with Gasteiger partial charge in [0.2, 0.25) is 0 Å². The summed E-state index contributed by atoms with van der Waals surface area (Å²) in [6.45, 7) is 0. The van der Waals surface area contributed by atoms with Crippen LogP contribution in [0.15, 0.2) is 121 Å². The second kappa shape index (κ2) is 10.6. The van der Waals surface area contributed by atoms with Gasteiger partial charge in [0.25, 0.3) is 0 Å². The van der Waals surface area contributed by atoms with Crippen LogP contribution in [0.5, 0.6) is 0 Å². The van der Waals surface area contributed by atoms with E-state index in [4.69, 9.17) is 0 Å². The average molecular weight is 488 g/mol. The summed E-state index contributed by atoms with van der Waals surface area (Å²) >= 11 is 0. The minimum Gasteiger partial charge on any atom is -0.175 e. The van der Waals surface area contributed by atoms with Crippen molar-refractivity contribution in [1.82, 2.24) is 0 Å². The number of benzene rings is 4. The van der Waals surface area contributed by atoms with E-state index in [1.54, 1.807) is 0 Å². The zero-order valence-corrected chi connectivity index (χ0v) is 20.4. The Balaban J connectivity index is 0.000000157. The van der Waals surface area contributed by atoms with Gasteiger partial charge in [0, 0.05) is 0 Å². The van der Waals surface area contributed by atoms with E-state index >= 15 is 0 Å². The molecule has 0 bridgehead atoms. The van der Waals surface area contributed by atoms with Crippen molar-refractivity contribution in [2.24, 2.45) is 0 Å². The van der Waals surface area contributed by atoms with Gasteiger partial charge in [0.15, 0.2) is 0 Å². The Bertz CT molecular complexity index is 1170. The molecule has 0 spiro atoms. The van der Waals surface area contributed by atoms with Gasteiger partial charge in [-0.1, -0.05) is 96.1 Å². The molecule has 152 valence electrons. The minimum absolute atomic E-state index is 0. The van der Waals surface area contributed by atoms with E-state index in [0.717, 1.165) is 6.42 Å². The van der Waals surface area contributed by atoms with Crippen molar-refractivity contribution >= 4 is 0 Å². The maximum Gasteiger partial charge on any atom is 2.00 e. The van der Waals surface area contributed by atoms with Crippen LogP contribution in [-0.2, 0) is 32.6 Å². The predicted octanol–water partition coefficient (Wildman–Crippen LogP) is 7.55. The molecule has 4 aromatic carbocycles. The average Bonchev–Trinajstić information content (AvgIpc) is 3.49. The van der Waals surface area contributed by atoms with Gasteiger partial charge in [-0.2, -0.15) is 23.8 Å². The van der Waals surface area contributed by atoms with Gasteiger partial charge in [-0.05, 0) is 12.3 Å². The quantitative estimate of drug-likeness (QED) is 0.230. The molecule has 0 saturated heterocycles. The van der Waals surface area contributed by atoms with Crippen molar-refractivity contribution in [2.45, 2.75) is 12.3 Å². The van der Waals surface area contributed by atoms with Crippen molar-refractivity contribution in [2.75, 3.05) is 0 Å². The maximum atomic E-state index is 3.61. The summed E-state index contributed by atoms with van der Waals surface area (Å²) in [4.78, 5) is 0. The fourth-order valence-corrected chi connectivity index (χ4v) is 4.20. The Morgan fingerprint density at radius 1 is 0.625 bits per heavy atom. The summed E-state index contributed by atoms with van der Waals surface area (Å²) in [6.07, 6.45) is 11.9. The molecule has 0 saturated carbocycles. The molecule has 0 radical (unpaired) electrons. The van der Waals surface area contributed by atoms with Crippen LogP contribution in [0.4, 0.5) is 0 Å². The van der Waals surface area contributed by atoms with Crippen LogP contribution in [0.3, 0.4) is 0 Å². The van der Waals surface area contributed by atoms with E-state index in [1.807, 2.05) is 12.1 Å². The van der Waals surface area contributed by atoms with Crippen LogP contribution < -0.4 is 0 Å². The maximum absolute atomic E-state index is 3.61. The number of fused-ring (bicyclic) bond motifs is 3. The Morgan fingerprint density at radius 3 is 1.88 bits per heavy atom. The molecule has 32 heavy (non-hydrogen) atoms. The Kier molecular flexibility index (Phi) is 7.40. The zero-order chi connectivity index (χ0) is 20.9. The summed E-state index contributed by atoms with van der Waals surface area (Å²) in [5, 5.41) is 0. The third-order valence-corrected chi connectivity index (χ3v) is 5.76. The molecule has 4 aromatic rings. The third kappa shape index (κ3) is 5.12. The van der Waals surface area contributed by atoms with E-state index in [1.165, 1.54) is 38.9 Å². The van der Waals surface area contributed by atoms with Crippen LogP contribution in [0.25, 0.3) is 11.1 Å². The van der Waals surface area contributed by atoms with Gasteiger partial charge in [-0.25, -0.2) is 0 Å². The first-order valence-corrected chi connectivity index (χ1v) is 10.8. The van der Waals surface area contributed by atoms with Crippen LogP contribution in [0, 0.1) is 12.5 Å². The molecule has 0 aromatic heterocycles. The van der Waals surface area contributed by atoms with E-state index in [9.17, 15) is 0 Å². The second-order valence-electron chi connectivity index (χ2n) is 7.90. The van der Waals surface area contributed by atoms with Gasteiger partial charge in [-0.15, -0.1) is 52.9 Å². The third-order valence-electron chi connectivity index (χ3n) is 5.76. The standard InChI is InChI=1S/C18H13.C13H11.Zr/c1-2-6-13(5-1)14-9-10-18-16(11-14)12-15-7-3-4-8-17(15)18;1-3-7-12(8-4-1)11-13-9-5-2-6-10-13;/h1-10,13H,12H2;1-11H;/q2*-1;+2. The summed E-state index contributed by atoms with van der Waals surface area (Å²) in [5.41, 5.74) is 9.29. The van der Waals surface area contributed by atoms with E-state index < -0.39 is 0 Å². The monoisotopic (exact) mass is 486 g/mol. The van der Waals surface area contributed by atoms with Crippen LogP contribution >= 0.6 is 0 Å². The first kappa shape index (κ1) is 22.3. The van der Waals surface area contributed by atoms with Crippen molar-refractivity contribution in [3.05, 3.63) is 162 Å². The molecule has 0 fully saturated rings. The van der Waals surface area contributed by atoms with Gasteiger partial charge in [0.05, 0.1) is 0 Å². The zero-order valence-electron chi connectivity index (χ0n) is 17.9. The first-order valence-electron chi connectivity index (χ1n) is 10.8. The Morgan fingerprint density at radius 2 is 1.22 bits per heavy atom. The molecule has 2 aliphatic rings. The van der Waals surface area contributed by atoms with Crippen molar-refractivity contribution in [3.63, 3.8) is 0 Å². The smallest absolute Gasteiger partial charge is 0.175 e. The van der Waals surface area contributed by atoms with Gasteiger partial charge in [-0.3, -0.25) is 0 Å². The topological polar surface area (TPSA) is 0 Å².